The predicted molar refractivity (Wildman–Crippen MR) is 541 cm³/mol. The van der Waals surface area contributed by atoms with E-state index < -0.39 is 37.7 Å². The van der Waals surface area contributed by atoms with Crippen LogP contribution in [0.2, 0.25) is 0 Å². The molecule has 0 spiro atoms. The summed E-state index contributed by atoms with van der Waals surface area (Å²) in [7, 11) is 15.9. The molecule has 0 saturated carbocycles. The van der Waals surface area contributed by atoms with E-state index in [0.717, 1.165) is 120 Å². The number of hydrogen-bond donors (Lipinski definition) is 4. The molecule has 7 aliphatic rings. The van der Waals surface area contributed by atoms with Crippen LogP contribution in [-0.2, 0) is 98.7 Å². The molecule has 0 radical (unpaired) electrons. The van der Waals surface area contributed by atoms with E-state index in [9.17, 15) is 33.6 Å². The molecular weight excluding hydrogens is 1910 g/mol. The van der Waals surface area contributed by atoms with Gasteiger partial charge in [0.25, 0.3) is 0 Å². The molecule has 0 fully saturated rings. The number of esters is 3. The van der Waals surface area contributed by atoms with Crippen LogP contribution in [-0.4, -0.2) is 300 Å². The van der Waals surface area contributed by atoms with E-state index in [4.69, 9.17) is 137 Å². The van der Waals surface area contributed by atoms with Crippen LogP contribution >= 0.6 is 46.4 Å². The normalized spacial score (nSPS) is 16.1. The number of aliphatic carboxylic acids is 1. The average Bonchev–Trinajstić information content (AvgIpc) is 0.773. The molecule has 14 rings (SSSR count). The number of rotatable bonds is 17. The molecule has 141 heavy (non-hydrogen) atoms. The molecule has 1 unspecified atom stereocenters. The van der Waals surface area contributed by atoms with Gasteiger partial charge < -0.3 is 126 Å². The summed E-state index contributed by atoms with van der Waals surface area (Å²) >= 11 is 21.5. The lowest BCUT2D eigenvalue weighted by molar-refractivity contribution is -0.139. The number of aromatic hydroxyl groups is 1. The van der Waals surface area contributed by atoms with Crippen LogP contribution in [0.3, 0.4) is 0 Å². The fourth-order valence-corrected chi connectivity index (χ4v) is 15.4. The molecule has 762 valence electrons. The summed E-state index contributed by atoms with van der Waals surface area (Å²) in [6.07, 6.45) is 0.973. The van der Waals surface area contributed by atoms with Gasteiger partial charge in [0, 0.05) is 143 Å². The molecular formula is C103H126Cl4N8O26. The Morgan fingerprint density at radius 2 is 0.887 bits per heavy atom. The van der Waals surface area contributed by atoms with Gasteiger partial charge in [-0.15, -0.1) is 0 Å². The maximum absolute atomic E-state index is 12.4. The zero-order valence-corrected chi connectivity index (χ0v) is 84.4. The van der Waals surface area contributed by atoms with Crippen molar-refractivity contribution in [3.8, 4) is 56.9 Å². The quantitative estimate of drug-likeness (QED) is 0.0216. The van der Waals surface area contributed by atoms with E-state index in [1.54, 1.807) is 42.2 Å². The zero-order valence-electron chi connectivity index (χ0n) is 81.4. The molecule has 2 aliphatic carbocycles. The van der Waals surface area contributed by atoms with Crippen molar-refractivity contribution in [1.82, 2.24) is 10.6 Å². The van der Waals surface area contributed by atoms with Gasteiger partial charge in [-0.2, -0.15) is 0 Å². The number of aldehydes is 1. The number of carbonyl (C=O) groups is 7. The van der Waals surface area contributed by atoms with Gasteiger partial charge in [0.15, 0.2) is 0 Å². The number of ketones is 2. The molecule has 5 aliphatic heterocycles. The van der Waals surface area contributed by atoms with Crippen LogP contribution in [0.15, 0.2) is 181 Å². The SMILES string of the molecule is CCC(=O)O.CCN=c1ccc2c(-c3ccc4c(c3)OCCOCCOCCOCCN4CC(=O)OC)c3ccc(CNC)cc3oc-2c1.CN(C)c1cccc(O)c1.CNCc1ccc2c(c1)Oc1cc(N(C)C)ccc1C2c1ccc2c(c1)OCCOCCOCCOCCN2CC(=O)OC.COC(=O)CN1CCOCCOCCOCCOc2cc(C=O)ccc21.O=C1C(Cl)=C(Cl)C(=O)C(Cl)=C1Cl. The van der Waals surface area contributed by atoms with Gasteiger partial charge in [0.1, 0.15) is 112 Å². The highest BCUT2D eigenvalue weighted by atomic mass is 35.5. The molecule has 1 atom stereocenters. The summed E-state index contributed by atoms with van der Waals surface area (Å²) < 4.78 is 96.9. The van der Waals surface area contributed by atoms with Crippen molar-refractivity contribution >= 4 is 128 Å². The van der Waals surface area contributed by atoms with Crippen LogP contribution in [0.5, 0.6) is 34.5 Å². The number of anilines is 5. The van der Waals surface area contributed by atoms with Crippen molar-refractivity contribution < 1.29 is 124 Å². The van der Waals surface area contributed by atoms with E-state index in [1.807, 2.05) is 106 Å². The van der Waals surface area contributed by atoms with Crippen LogP contribution in [0.25, 0.3) is 33.4 Å². The average molecular weight is 2030 g/mol. The van der Waals surface area contributed by atoms with Crippen LogP contribution < -0.4 is 59.4 Å². The highest BCUT2D eigenvalue weighted by Gasteiger charge is 2.34. The molecule has 38 heteroatoms. The van der Waals surface area contributed by atoms with Crippen molar-refractivity contribution in [1.29, 1.82) is 0 Å². The lowest BCUT2D eigenvalue weighted by Gasteiger charge is -2.31. The van der Waals surface area contributed by atoms with Gasteiger partial charge in [-0.05, 0) is 128 Å². The Kier molecular flexibility index (Phi) is 48.5. The number of fused-ring (bicyclic) bond motifs is 7. The Balaban J connectivity index is 0.000000212. The Labute approximate surface area is 841 Å². The number of hydrogen-bond acceptors (Lipinski definition) is 33. The van der Waals surface area contributed by atoms with Crippen molar-refractivity contribution in [2.75, 3.05) is 273 Å². The maximum atomic E-state index is 12.4. The van der Waals surface area contributed by atoms with Crippen LogP contribution in [0, 0.1) is 0 Å². The Morgan fingerprint density at radius 1 is 0.468 bits per heavy atom. The number of halogens is 4. The van der Waals surface area contributed by atoms with E-state index in [2.05, 4.69) is 99.4 Å². The van der Waals surface area contributed by atoms with Gasteiger partial charge in [-0.3, -0.25) is 38.6 Å². The Bertz CT molecular complexity index is 5620. The number of phenols is 1. The molecule has 5 heterocycles. The van der Waals surface area contributed by atoms with Gasteiger partial charge in [0.05, 0.1) is 163 Å². The van der Waals surface area contributed by atoms with E-state index in [-0.39, 0.29) is 49.9 Å². The number of carbonyl (C=O) groups excluding carboxylic acids is 6. The van der Waals surface area contributed by atoms with Crippen LogP contribution in [0.1, 0.15) is 64.4 Å². The molecule has 0 saturated heterocycles. The van der Waals surface area contributed by atoms with Crippen molar-refractivity contribution in [3.05, 3.63) is 211 Å². The number of nitrogens with one attached hydrogen (secondary N) is 2. The number of methoxy groups -OCH3 is 3. The monoisotopic (exact) mass is 2030 g/mol. The van der Waals surface area contributed by atoms with Crippen LogP contribution in [0.4, 0.5) is 28.4 Å². The first-order valence-electron chi connectivity index (χ1n) is 46.0. The first-order valence-corrected chi connectivity index (χ1v) is 47.5. The predicted octanol–water partition coefficient (Wildman–Crippen LogP) is 13.8. The third-order valence-electron chi connectivity index (χ3n) is 21.7. The van der Waals surface area contributed by atoms with E-state index >= 15 is 0 Å². The smallest absolute Gasteiger partial charge is 0.325 e. The number of ether oxygens (including phenoxy) is 16. The second-order valence-corrected chi connectivity index (χ2v) is 33.4. The first-order chi connectivity index (χ1) is 68.3. The molecule has 0 bridgehead atoms. The van der Waals surface area contributed by atoms with Gasteiger partial charge in [-0.25, -0.2) is 0 Å². The number of benzene rings is 8. The fourth-order valence-electron chi connectivity index (χ4n) is 14.6. The number of allylic oxidation sites excluding steroid dienone is 4. The summed E-state index contributed by atoms with van der Waals surface area (Å²) in [5, 5.41) is 23.5. The number of phenolic OH excluding ortho intramolecular Hbond substituents is 1. The Hall–Kier alpha value is -11.7. The minimum Gasteiger partial charge on any atom is -0.508 e. The number of carboxylic acid groups (broad SMARTS) is 1. The van der Waals surface area contributed by atoms with Crippen molar-refractivity contribution in [2.45, 2.75) is 39.3 Å². The highest BCUT2D eigenvalue weighted by Crippen LogP contribution is 2.51. The maximum Gasteiger partial charge on any atom is 0.325 e. The zero-order chi connectivity index (χ0) is 102. The molecule has 7 aromatic carbocycles. The molecule has 4 N–H and O–H groups in total. The lowest BCUT2D eigenvalue weighted by Crippen LogP contribution is -2.34. The number of nitrogens with zero attached hydrogens (tertiary/aromatic N) is 6. The fraction of sp³-hybridized carbons (Fsp3) is 0.417. The van der Waals surface area contributed by atoms with E-state index in [0.29, 0.717) is 199 Å². The van der Waals surface area contributed by atoms with Gasteiger partial charge in [0.2, 0.25) is 11.6 Å². The Morgan fingerprint density at radius 3 is 1.33 bits per heavy atom. The second-order valence-electron chi connectivity index (χ2n) is 31.9. The standard InChI is InChI=1S/C34H43N3O7.C34H41N3O7.C18H25NO7.C8H11NO.C6Cl4O2.C3H6O2/c1-35-22-24-5-8-27-30(19-24)44-31-21-26(36(2)3)7-9-28(31)34(27)25-6-10-29-32(20-25)43-18-17-42-16-15-41-14-13-40-12-11-37(29)23-33(38)39-4;1-4-36-26-7-9-28-31(21-26)44-30-19-24(22-35-2)5-8-27(30)34(28)25-6-10-29-32(20-25)43-18-17-42-16-15-41-14-13-40-12-11-37(29)23-33(38)39-3;1-22-18(21)13-19-4-5-23-6-7-24-8-9-25-10-11-26-17-12-15(14-20)2-3-16(17)19;1-9(2)7-4-3-5-8(10)6-7;7-1-2(8)6(12)4(10)3(9)5(1)11;1-2-3(4)5/h5-10,19-21,34-35H,11-18,22-23H2,1-4H3;5-10,19-21,35H,4,11-18,22-23H2,1-3H3;2-3,12,14H,4-11,13H2,1H3;3-6,10H,1-2H3;;2H2,1H3,(H,4,5). The minimum absolute atomic E-state index is 0.0453. The first kappa shape index (κ1) is 113. The third-order valence-corrected chi connectivity index (χ3v) is 23.3. The summed E-state index contributed by atoms with van der Waals surface area (Å²) in [5.41, 5.74) is 14.0. The van der Waals surface area contributed by atoms with E-state index in [1.165, 1.54) is 21.3 Å². The largest absolute Gasteiger partial charge is 0.508 e. The summed E-state index contributed by atoms with van der Waals surface area (Å²) in [6, 6.07) is 49.7. The van der Waals surface area contributed by atoms with Crippen molar-refractivity contribution in [3.63, 3.8) is 0 Å². The molecule has 7 aromatic rings. The summed E-state index contributed by atoms with van der Waals surface area (Å²) in [4.78, 5) is 93.4. The summed E-state index contributed by atoms with van der Waals surface area (Å²) in [5.74, 6) is 1.16. The minimum atomic E-state index is -0.745. The topological polar surface area (TPSA) is 373 Å². The molecule has 34 nitrogen and oxygen atoms in total. The molecule has 0 aromatic heterocycles. The summed E-state index contributed by atoms with van der Waals surface area (Å²) in [6.45, 7) is 16.5. The van der Waals surface area contributed by atoms with Gasteiger partial charge >= 0.3 is 23.9 Å². The number of carboxylic acids is 1. The second kappa shape index (κ2) is 60.6. The van der Waals surface area contributed by atoms with Crippen molar-refractivity contribution in [2.24, 2.45) is 4.99 Å². The lowest BCUT2D eigenvalue weighted by atomic mass is 9.82. The van der Waals surface area contributed by atoms with Gasteiger partial charge in [-0.1, -0.05) is 102 Å². The highest BCUT2D eigenvalue weighted by molar-refractivity contribution is 6.69. The molecule has 0 amide bonds. The third kappa shape index (κ3) is 35.2. The number of Topliss-reactive ketones (excluding diaryl/α,β-unsaturated/α-hetero) is 2.